The molecular weight excluding hydrogens is 368 g/mol. The van der Waals surface area contributed by atoms with Crippen LogP contribution in [0.1, 0.15) is 69.1 Å². The van der Waals surface area contributed by atoms with Gasteiger partial charge in [-0.15, -0.1) is 0 Å². The molecule has 0 bridgehead atoms. The SMILES string of the molecule is CCCCCCc1ccc(COc2cnc(-c3ccc(CCCC)cc3)nc2)cc1. The van der Waals surface area contributed by atoms with Gasteiger partial charge in [-0.3, -0.25) is 0 Å². The summed E-state index contributed by atoms with van der Waals surface area (Å²) in [6.45, 7) is 5.00. The van der Waals surface area contributed by atoms with Crippen LogP contribution in [0.4, 0.5) is 0 Å². The number of aryl methyl sites for hydroxylation is 2. The fourth-order valence-electron chi connectivity index (χ4n) is 3.47. The Balaban J connectivity index is 1.48. The Labute approximate surface area is 181 Å². The minimum atomic E-state index is 0.533. The lowest BCUT2D eigenvalue weighted by atomic mass is 10.0. The first kappa shape index (κ1) is 22.0. The van der Waals surface area contributed by atoms with Crippen LogP contribution in [0.5, 0.6) is 5.75 Å². The number of aromatic nitrogens is 2. The van der Waals surface area contributed by atoms with E-state index < -0.39 is 0 Å². The first-order chi connectivity index (χ1) is 14.8. The molecule has 0 aliphatic heterocycles. The summed E-state index contributed by atoms with van der Waals surface area (Å²) in [6, 6.07) is 17.3. The van der Waals surface area contributed by atoms with Crippen molar-refractivity contribution in [2.45, 2.75) is 71.8 Å². The molecule has 0 atom stereocenters. The molecule has 0 aliphatic rings. The van der Waals surface area contributed by atoms with Crippen LogP contribution in [0.25, 0.3) is 11.4 Å². The molecule has 1 heterocycles. The maximum Gasteiger partial charge on any atom is 0.159 e. The number of hydrogen-bond donors (Lipinski definition) is 0. The Bertz CT molecular complexity index is 855. The van der Waals surface area contributed by atoms with Gasteiger partial charge in [0.25, 0.3) is 0 Å². The van der Waals surface area contributed by atoms with Gasteiger partial charge in [-0.2, -0.15) is 0 Å². The molecule has 3 heteroatoms. The van der Waals surface area contributed by atoms with Crippen LogP contribution in [0.2, 0.25) is 0 Å². The Morgan fingerprint density at radius 3 is 1.83 bits per heavy atom. The molecule has 0 spiro atoms. The lowest BCUT2D eigenvalue weighted by molar-refractivity contribution is 0.303. The van der Waals surface area contributed by atoms with Crippen molar-refractivity contribution < 1.29 is 4.74 Å². The van der Waals surface area contributed by atoms with Crippen LogP contribution >= 0.6 is 0 Å². The minimum Gasteiger partial charge on any atom is -0.486 e. The predicted molar refractivity (Wildman–Crippen MR) is 125 cm³/mol. The lowest BCUT2D eigenvalue weighted by Gasteiger charge is -2.08. The second kappa shape index (κ2) is 12.1. The zero-order valence-corrected chi connectivity index (χ0v) is 18.4. The molecule has 0 radical (unpaired) electrons. The van der Waals surface area contributed by atoms with Crippen molar-refractivity contribution in [2.24, 2.45) is 0 Å². The van der Waals surface area contributed by atoms with Crippen molar-refractivity contribution in [3.63, 3.8) is 0 Å². The largest absolute Gasteiger partial charge is 0.486 e. The van der Waals surface area contributed by atoms with Crippen LogP contribution in [0.3, 0.4) is 0 Å². The second-order valence-corrected chi connectivity index (χ2v) is 7.96. The van der Waals surface area contributed by atoms with E-state index >= 15 is 0 Å². The quantitative estimate of drug-likeness (QED) is 0.301. The smallest absolute Gasteiger partial charge is 0.159 e. The number of benzene rings is 2. The standard InChI is InChI=1S/C27H34N2O/c1-3-5-7-8-10-23-11-13-24(14-12-23)21-30-26-19-28-27(29-20-26)25-17-15-22(16-18-25)9-6-4-2/h11-20H,3-10,21H2,1-2H3. The van der Waals surface area contributed by atoms with Crippen molar-refractivity contribution in [2.75, 3.05) is 0 Å². The summed E-state index contributed by atoms with van der Waals surface area (Å²) in [4.78, 5) is 8.96. The first-order valence-corrected chi connectivity index (χ1v) is 11.4. The minimum absolute atomic E-state index is 0.533. The van der Waals surface area contributed by atoms with E-state index in [1.54, 1.807) is 12.4 Å². The molecule has 30 heavy (non-hydrogen) atoms. The van der Waals surface area contributed by atoms with Crippen LogP contribution in [-0.4, -0.2) is 9.97 Å². The van der Waals surface area contributed by atoms with Crippen molar-refractivity contribution in [3.8, 4) is 17.1 Å². The maximum absolute atomic E-state index is 5.87. The van der Waals surface area contributed by atoms with Gasteiger partial charge < -0.3 is 4.74 Å². The zero-order chi connectivity index (χ0) is 21.0. The molecule has 3 aromatic rings. The molecule has 2 aromatic carbocycles. The van der Waals surface area contributed by atoms with E-state index in [9.17, 15) is 0 Å². The summed E-state index contributed by atoms with van der Waals surface area (Å²) in [5, 5.41) is 0. The number of ether oxygens (including phenoxy) is 1. The van der Waals surface area contributed by atoms with E-state index in [4.69, 9.17) is 4.74 Å². The Morgan fingerprint density at radius 1 is 0.633 bits per heavy atom. The van der Waals surface area contributed by atoms with Crippen LogP contribution in [-0.2, 0) is 19.4 Å². The van der Waals surface area contributed by atoms with Crippen molar-refractivity contribution in [1.29, 1.82) is 0 Å². The first-order valence-electron chi connectivity index (χ1n) is 11.4. The van der Waals surface area contributed by atoms with Crippen molar-refractivity contribution in [1.82, 2.24) is 9.97 Å². The third-order valence-electron chi connectivity index (χ3n) is 5.41. The van der Waals surface area contributed by atoms with Crippen molar-refractivity contribution in [3.05, 3.63) is 77.6 Å². The fourth-order valence-corrected chi connectivity index (χ4v) is 3.47. The van der Waals surface area contributed by atoms with Crippen LogP contribution < -0.4 is 4.74 Å². The molecule has 0 N–H and O–H groups in total. The monoisotopic (exact) mass is 402 g/mol. The van der Waals surface area contributed by atoms with E-state index in [-0.39, 0.29) is 0 Å². The molecular formula is C27H34N2O. The van der Waals surface area contributed by atoms with E-state index in [2.05, 4.69) is 72.3 Å². The molecule has 0 unspecified atom stereocenters. The molecule has 0 saturated heterocycles. The Kier molecular flexibility index (Phi) is 8.89. The number of hydrogen-bond acceptors (Lipinski definition) is 3. The number of nitrogens with zero attached hydrogens (tertiary/aromatic N) is 2. The Hall–Kier alpha value is -2.68. The molecule has 0 fully saturated rings. The number of rotatable bonds is 12. The number of unbranched alkanes of at least 4 members (excludes halogenated alkanes) is 4. The topological polar surface area (TPSA) is 35.0 Å². The highest BCUT2D eigenvalue weighted by molar-refractivity contribution is 5.55. The highest BCUT2D eigenvalue weighted by Gasteiger charge is 2.04. The zero-order valence-electron chi connectivity index (χ0n) is 18.4. The van der Waals surface area contributed by atoms with Gasteiger partial charge in [0.1, 0.15) is 6.61 Å². The maximum atomic E-state index is 5.87. The van der Waals surface area contributed by atoms with Gasteiger partial charge in [0.15, 0.2) is 11.6 Å². The molecule has 0 amide bonds. The van der Waals surface area contributed by atoms with E-state index in [0.717, 1.165) is 24.2 Å². The van der Waals surface area contributed by atoms with Gasteiger partial charge in [-0.1, -0.05) is 88.1 Å². The summed E-state index contributed by atoms with van der Waals surface area (Å²) in [7, 11) is 0. The summed E-state index contributed by atoms with van der Waals surface area (Å²) in [5.41, 5.74) is 4.98. The van der Waals surface area contributed by atoms with Gasteiger partial charge >= 0.3 is 0 Å². The Morgan fingerprint density at radius 2 is 1.20 bits per heavy atom. The van der Waals surface area contributed by atoms with Crippen LogP contribution in [0.15, 0.2) is 60.9 Å². The lowest BCUT2D eigenvalue weighted by Crippen LogP contribution is -1.98. The molecule has 3 rings (SSSR count). The van der Waals surface area contributed by atoms with Gasteiger partial charge in [-0.25, -0.2) is 9.97 Å². The normalized spacial score (nSPS) is 10.9. The van der Waals surface area contributed by atoms with Gasteiger partial charge in [0, 0.05) is 5.56 Å². The molecule has 158 valence electrons. The predicted octanol–water partition coefficient (Wildman–Crippen LogP) is 7.19. The second-order valence-electron chi connectivity index (χ2n) is 7.96. The molecule has 0 saturated carbocycles. The van der Waals surface area contributed by atoms with E-state index in [1.165, 1.54) is 55.2 Å². The molecule has 1 aromatic heterocycles. The average molecular weight is 403 g/mol. The molecule has 3 nitrogen and oxygen atoms in total. The summed E-state index contributed by atoms with van der Waals surface area (Å²) < 4.78 is 5.87. The van der Waals surface area contributed by atoms with Gasteiger partial charge in [0.05, 0.1) is 12.4 Å². The highest BCUT2D eigenvalue weighted by Crippen LogP contribution is 2.19. The summed E-state index contributed by atoms with van der Waals surface area (Å²) >= 11 is 0. The van der Waals surface area contributed by atoms with E-state index in [1.807, 2.05) is 0 Å². The molecule has 0 aliphatic carbocycles. The third-order valence-corrected chi connectivity index (χ3v) is 5.41. The average Bonchev–Trinajstić information content (AvgIpc) is 2.81. The summed E-state index contributed by atoms with van der Waals surface area (Å²) in [6.07, 6.45) is 13.5. The van der Waals surface area contributed by atoms with Crippen molar-refractivity contribution >= 4 is 0 Å². The fraction of sp³-hybridized carbons (Fsp3) is 0.407. The third kappa shape index (κ3) is 6.98. The highest BCUT2D eigenvalue weighted by atomic mass is 16.5. The van der Waals surface area contributed by atoms with Gasteiger partial charge in [0.2, 0.25) is 0 Å². The van der Waals surface area contributed by atoms with E-state index in [0.29, 0.717) is 12.4 Å². The summed E-state index contributed by atoms with van der Waals surface area (Å²) in [5.74, 6) is 1.43. The van der Waals surface area contributed by atoms with Gasteiger partial charge in [-0.05, 0) is 42.4 Å². The van der Waals surface area contributed by atoms with Crippen LogP contribution in [0, 0.1) is 0 Å².